The molecule has 0 aliphatic heterocycles. The first-order valence-electron chi connectivity index (χ1n) is 12.1. The zero-order valence-corrected chi connectivity index (χ0v) is 22.4. The van der Waals surface area contributed by atoms with Gasteiger partial charge in [-0.05, 0) is 24.3 Å². The fraction of sp³-hybridized carbons (Fsp3) is 0.357. The molecule has 0 spiro atoms. The summed E-state index contributed by atoms with van der Waals surface area (Å²) in [5, 5.41) is 0. The lowest BCUT2D eigenvalue weighted by Crippen LogP contribution is -2.54. The highest BCUT2D eigenvalue weighted by Gasteiger charge is 2.45. The number of esters is 6. The zero-order valence-electron chi connectivity index (χ0n) is 22.4. The van der Waals surface area contributed by atoms with Gasteiger partial charge in [-0.2, -0.15) is 0 Å². The number of carbonyl (C=O) groups excluding carboxylic acids is 6. The maximum atomic E-state index is 13.2. The highest BCUT2D eigenvalue weighted by Crippen LogP contribution is 2.23. The van der Waals surface area contributed by atoms with Crippen LogP contribution in [-0.2, 0) is 47.6 Å². The normalized spacial score (nSPS) is 13.4. The van der Waals surface area contributed by atoms with Gasteiger partial charge in [0.05, 0.1) is 11.1 Å². The number of rotatable bonds is 13. The number of hydrogen-bond acceptors (Lipinski definition) is 12. The standard InChI is InChI=1S/C28H30O12/c1-17(29)35-15-23(37-19(3)31)25(39-27(33)21-11-7-5-8-12-21)26(24(38-20(4)32)16-36-18(2)30)40-28(34)22-13-9-6-10-14-22/h5-14,23-26H,15-16H2,1-4H3/t23-,24-,25-,26-/m1/s1. The van der Waals surface area contributed by atoms with Crippen LogP contribution in [0.25, 0.3) is 0 Å². The summed E-state index contributed by atoms with van der Waals surface area (Å²) in [6.45, 7) is 3.08. The van der Waals surface area contributed by atoms with E-state index in [1.54, 1.807) is 36.4 Å². The van der Waals surface area contributed by atoms with Crippen LogP contribution in [0.15, 0.2) is 60.7 Å². The first kappa shape index (κ1) is 31.5. The molecule has 2 aromatic rings. The minimum absolute atomic E-state index is 0.0821. The van der Waals surface area contributed by atoms with Crippen LogP contribution >= 0.6 is 0 Å². The summed E-state index contributed by atoms with van der Waals surface area (Å²) in [5.74, 6) is -5.06. The Morgan fingerprint density at radius 3 is 1.10 bits per heavy atom. The zero-order chi connectivity index (χ0) is 29.7. The van der Waals surface area contributed by atoms with Gasteiger partial charge < -0.3 is 28.4 Å². The fourth-order valence-electron chi connectivity index (χ4n) is 3.46. The summed E-state index contributed by atoms with van der Waals surface area (Å²) in [7, 11) is 0. The quantitative estimate of drug-likeness (QED) is 0.262. The van der Waals surface area contributed by atoms with Crippen LogP contribution in [0.5, 0.6) is 0 Å². The molecule has 0 saturated heterocycles. The molecular weight excluding hydrogens is 528 g/mol. The topological polar surface area (TPSA) is 158 Å². The summed E-state index contributed by atoms with van der Waals surface area (Å²) in [6.07, 6.45) is -6.52. The van der Waals surface area contributed by atoms with Gasteiger partial charge in [-0.3, -0.25) is 19.2 Å². The molecule has 0 amide bonds. The van der Waals surface area contributed by atoms with E-state index in [1.165, 1.54) is 24.3 Å². The lowest BCUT2D eigenvalue weighted by atomic mass is 10.0. The molecule has 2 rings (SSSR count). The summed E-state index contributed by atoms with van der Waals surface area (Å²) < 4.78 is 32.1. The van der Waals surface area contributed by atoms with Crippen molar-refractivity contribution in [1.82, 2.24) is 0 Å². The van der Waals surface area contributed by atoms with Gasteiger partial charge in [0.25, 0.3) is 0 Å². The van der Waals surface area contributed by atoms with E-state index in [2.05, 4.69) is 0 Å². The maximum Gasteiger partial charge on any atom is 0.338 e. The van der Waals surface area contributed by atoms with Gasteiger partial charge in [0.15, 0.2) is 24.4 Å². The van der Waals surface area contributed by atoms with Crippen LogP contribution in [0.4, 0.5) is 0 Å². The van der Waals surface area contributed by atoms with Gasteiger partial charge in [0, 0.05) is 27.7 Å². The molecule has 214 valence electrons. The Labute approximate surface area is 230 Å². The third kappa shape index (κ3) is 10.6. The van der Waals surface area contributed by atoms with E-state index in [0.717, 1.165) is 27.7 Å². The van der Waals surface area contributed by atoms with Crippen molar-refractivity contribution < 1.29 is 57.2 Å². The van der Waals surface area contributed by atoms with Crippen molar-refractivity contribution in [3.63, 3.8) is 0 Å². The molecule has 12 nitrogen and oxygen atoms in total. The minimum atomic E-state index is -1.72. The second kappa shape index (κ2) is 15.6. The van der Waals surface area contributed by atoms with Gasteiger partial charge in [-0.15, -0.1) is 0 Å². The summed E-state index contributed by atoms with van der Waals surface area (Å²) in [6, 6.07) is 15.4. The predicted octanol–water partition coefficient (Wildman–Crippen LogP) is 2.43. The average Bonchev–Trinajstić information content (AvgIpc) is 2.91. The number of ether oxygens (including phenoxy) is 6. The Morgan fingerprint density at radius 1 is 0.500 bits per heavy atom. The lowest BCUT2D eigenvalue weighted by Gasteiger charge is -2.35. The molecule has 2 aromatic carbocycles. The first-order chi connectivity index (χ1) is 19.0. The molecule has 0 bridgehead atoms. The van der Waals surface area contributed by atoms with E-state index in [1.807, 2.05) is 0 Å². The lowest BCUT2D eigenvalue weighted by molar-refractivity contribution is -0.187. The van der Waals surface area contributed by atoms with Crippen LogP contribution in [0.3, 0.4) is 0 Å². The highest BCUT2D eigenvalue weighted by atomic mass is 16.6. The third-order valence-corrected chi connectivity index (χ3v) is 5.10. The van der Waals surface area contributed by atoms with E-state index < -0.39 is 73.4 Å². The predicted molar refractivity (Wildman–Crippen MR) is 136 cm³/mol. The van der Waals surface area contributed by atoms with Gasteiger partial charge >= 0.3 is 35.8 Å². The summed E-state index contributed by atoms with van der Waals surface area (Å²) >= 11 is 0. The van der Waals surface area contributed by atoms with Crippen molar-refractivity contribution >= 4 is 35.8 Å². The largest absolute Gasteiger partial charge is 0.462 e. The minimum Gasteiger partial charge on any atom is -0.462 e. The summed E-state index contributed by atoms with van der Waals surface area (Å²) in [5.41, 5.74) is 0.164. The fourth-order valence-corrected chi connectivity index (χ4v) is 3.46. The molecule has 0 aliphatic rings. The molecule has 12 heteroatoms. The van der Waals surface area contributed by atoms with Crippen molar-refractivity contribution in [2.24, 2.45) is 0 Å². The van der Waals surface area contributed by atoms with E-state index >= 15 is 0 Å². The molecule has 0 saturated carbocycles. The van der Waals surface area contributed by atoms with Crippen LogP contribution < -0.4 is 0 Å². The number of hydrogen-bond donors (Lipinski definition) is 0. The molecule has 0 unspecified atom stereocenters. The van der Waals surface area contributed by atoms with Crippen LogP contribution in [0.2, 0.25) is 0 Å². The number of benzene rings is 2. The first-order valence-corrected chi connectivity index (χ1v) is 12.1. The molecule has 0 aliphatic carbocycles. The molecule has 0 heterocycles. The van der Waals surface area contributed by atoms with Crippen molar-refractivity contribution in [1.29, 1.82) is 0 Å². The van der Waals surface area contributed by atoms with Crippen LogP contribution in [-0.4, -0.2) is 73.4 Å². The second-order valence-electron chi connectivity index (χ2n) is 8.37. The second-order valence-corrected chi connectivity index (χ2v) is 8.37. The summed E-state index contributed by atoms with van der Waals surface area (Å²) in [4.78, 5) is 73.6. The molecule has 0 fully saturated rings. The number of carbonyl (C=O) groups is 6. The third-order valence-electron chi connectivity index (χ3n) is 5.10. The molecule has 4 atom stereocenters. The van der Waals surface area contributed by atoms with Crippen molar-refractivity contribution in [3.8, 4) is 0 Å². The van der Waals surface area contributed by atoms with Gasteiger partial charge in [0.2, 0.25) is 0 Å². The van der Waals surface area contributed by atoms with Gasteiger partial charge in [-0.25, -0.2) is 9.59 Å². The van der Waals surface area contributed by atoms with E-state index in [9.17, 15) is 28.8 Å². The average molecular weight is 559 g/mol. The SMILES string of the molecule is CC(=O)OC[C@@H](OC(C)=O)[C@@H](OC(=O)c1ccccc1)[C@H](OC(=O)c1ccccc1)[C@@H](COC(C)=O)OC(C)=O. The van der Waals surface area contributed by atoms with E-state index in [4.69, 9.17) is 28.4 Å². The Balaban J connectivity index is 2.64. The molecule has 0 N–H and O–H groups in total. The molecule has 0 aromatic heterocycles. The molecule has 40 heavy (non-hydrogen) atoms. The van der Waals surface area contributed by atoms with Gasteiger partial charge in [-0.1, -0.05) is 36.4 Å². The Kier molecular flexibility index (Phi) is 12.3. The highest BCUT2D eigenvalue weighted by molar-refractivity contribution is 5.90. The Hall–Kier alpha value is -4.74. The van der Waals surface area contributed by atoms with Crippen molar-refractivity contribution in [2.45, 2.75) is 52.1 Å². The Morgan fingerprint density at radius 2 is 0.825 bits per heavy atom. The van der Waals surface area contributed by atoms with E-state index in [-0.39, 0.29) is 11.1 Å². The van der Waals surface area contributed by atoms with Crippen LogP contribution in [0, 0.1) is 0 Å². The van der Waals surface area contributed by atoms with Crippen molar-refractivity contribution in [2.75, 3.05) is 13.2 Å². The smallest absolute Gasteiger partial charge is 0.338 e. The van der Waals surface area contributed by atoms with Crippen molar-refractivity contribution in [3.05, 3.63) is 71.8 Å². The maximum absolute atomic E-state index is 13.2. The molecule has 0 radical (unpaired) electrons. The monoisotopic (exact) mass is 558 g/mol. The molecular formula is C28H30O12. The Bertz CT molecular complexity index is 1080. The van der Waals surface area contributed by atoms with E-state index in [0.29, 0.717) is 0 Å². The van der Waals surface area contributed by atoms with Gasteiger partial charge in [0.1, 0.15) is 13.2 Å². The van der Waals surface area contributed by atoms with Crippen LogP contribution in [0.1, 0.15) is 48.4 Å².